The highest BCUT2D eigenvalue weighted by Crippen LogP contribution is 2.23. The molecule has 0 saturated heterocycles. The van der Waals surface area contributed by atoms with E-state index < -0.39 is 0 Å². The van der Waals surface area contributed by atoms with E-state index in [0.29, 0.717) is 12.4 Å². The number of aryl methyl sites for hydroxylation is 1. The molecule has 0 unspecified atom stereocenters. The summed E-state index contributed by atoms with van der Waals surface area (Å²) in [6, 6.07) is 6.35. The molecule has 0 atom stereocenters. The van der Waals surface area contributed by atoms with E-state index in [1.807, 2.05) is 0 Å². The number of benzene rings is 1. The highest BCUT2D eigenvalue weighted by atomic mass is 127. The van der Waals surface area contributed by atoms with Gasteiger partial charge in [-0.15, -0.1) is 24.0 Å². The van der Waals surface area contributed by atoms with E-state index in [1.54, 1.807) is 6.20 Å². The number of oxazole rings is 1. The number of guanidine groups is 1. The molecular formula is C22H32IN5O. The van der Waals surface area contributed by atoms with Crippen LogP contribution in [0.3, 0.4) is 0 Å². The molecule has 6 nitrogen and oxygen atoms in total. The van der Waals surface area contributed by atoms with Crippen LogP contribution < -0.4 is 10.6 Å². The Hall–Kier alpha value is -2.03. The first-order valence-corrected chi connectivity index (χ1v) is 9.91. The first-order valence-electron chi connectivity index (χ1n) is 9.91. The monoisotopic (exact) mass is 509 g/mol. The second-order valence-corrected chi connectivity index (χ2v) is 8.05. The molecule has 0 amide bonds. The summed E-state index contributed by atoms with van der Waals surface area (Å²) in [6.45, 7) is 12.6. The van der Waals surface area contributed by atoms with Crippen molar-refractivity contribution in [3.8, 4) is 0 Å². The van der Waals surface area contributed by atoms with E-state index in [0.717, 1.165) is 31.2 Å². The Bertz CT molecular complexity index is 952. The molecule has 0 aliphatic heterocycles. The fourth-order valence-electron chi connectivity index (χ4n) is 3.18. The third-order valence-electron chi connectivity index (χ3n) is 4.69. The van der Waals surface area contributed by atoms with E-state index in [2.05, 4.69) is 84.6 Å². The minimum Gasteiger partial charge on any atom is -0.443 e. The second kappa shape index (κ2) is 10.1. The third-order valence-corrected chi connectivity index (χ3v) is 4.69. The minimum atomic E-state index is -0.0465. The van der Waals surface area contributed by atoms with Gasteiger partial charge in [0.2, 0.25) is 5.89 Å². The van der Waals surface area contributed by atoms with E-state index in [4.69, 9.17) is 4.42 Å². The van der Waals surface area contributed by atoms with Crippen molar-refractivity contribution in [2.75, 3.05) is 13.1 Å². The number of hydrogen-bond donors (Lipinski definition) is 3. The summed E-state index contributed by atoms with van der Waals surface area (Å²) in [6.07, 6.45) is 4.82. The molecule has 0 saturated carbocycles. The van der Waals surface area contributed by atoms with Gasteiger partial charge < -0.3 is 20.0 Å². The van der Waals surface area contributed by atoms with Gasteiger partial charge in [0, 0.05) is 35.6 Å². The molecule has 2 aromatic heterocycles. The van der Waals surface area contributed by atoms with Crippen LogP contribution in [0.2, 0.25) is 0 Å². The number of nitrogens with one attached hydrogen (secondary N) is 3. The van der Waals surface area contributed by atoms with Crippen LogP contribution in [-0.4, -0.2) is 29.0 Å². The van der Waals surface area contributed by atoms with Crippen LogP contribution >= 0.6 is 24.0 Å². The Kier molecular flexibility index (Phi) is 8.13. The average Bonchev–Trinajstić information content (AvgIpc) is 3.27. The molecule has 3 N–H and O–H groups in total. The standard InChI is InChI=1S/C22H31N5O.HI/c1-6-23-21(27-14-19-26-13-18(28-19)22(3,4)5)24-11-10-16-12-25-17-9-7-8-15(2)20(16)17;/h7-9,12-13,25H,6,10-11,14H2,1-5H3,(H2,23,24,27);1H. The quantitative estimate of drug-likeness (QED) is 0.256. The predicted molar refractivity (Wildman–Crippen MR) is 130 cm³/mol. The van der Waals surface area contributed by atoms with Crippen molar-refractivity contribution >= 4 is 40.8 Å². The molecule has 0 bridgehead atoms. The van der Waals surface area contributed by atoms with E-state index in [1.165, 1.54) is 22.0 Å². The first-order chi connectivity index (χ1) is 13.4. The highest BCUT2D eigenvalue weighted by molar-refractivity contribution is 14.0. The largest absolute Gasteiger partial charge is 0.443 e. The molecule has 3 rings (SSSR count). The van der Waals surface area contributed by atoms with E-state index in [-0.39, 0.29) is 29.4 Å². The number of fused-ring (bicyclic) bond motifs is 1. The predicted octanol–water partition coefficient (Wildman–Crippen LogP) is 4.68. The zero-order valence-corrected chi connectivity index (χ0v) is 20.3. The number of aliphatic imine (C=N–C) groups is 1. The number of H-pyrrole nitrogens is 1. The van der Waals surface area contributed by atoms with Crippen molar-refractivity contribution in [1.29, 1.82) is 0 Å². The van der Waals surface area contributed by atoms with Gasteiger partial charge in [-0.25, -0.2) is 9.98 Å². The topological polar surface area (TPSA) is 78.2 Å². The fourth-order valence-corrected chi connectivity index (χ4v) is 3.18. The van der Waals surface area contributed by atoms with E-state index >= 15 is 0 Å². The van der Waals surface area contributed by atoms with Gasteiger partial charge >= 0.3 is 0 Å². The van der Waals surface area contributed by atoms with Crippen LogP contribution in [0.25, 0.3) is 10.9 Å². The molecule has 1 aromatic carbocycles. The zero-order chi connectivity index (χ0) is 20.1. The van der Waals surface area contributed by atoms with Crippen LogP contribution in [0.15, 0.2) is 40.0 Å². The van der Waals surface area contributed by atoms with Gasteiger partial charge in [0.25, 0.3) is 0 Å². The minimum absolute atomic E-state index is 0. The average molecular weight is 509 g/mol. The maximum Gasteiger partial charge on any atom is 0.216 e. The number of halogens is 1. The van der Waals surface area contributed by atoms with Gasteiger partial charge in [0.15, 0.2) is 5.96 Å². The maximum absolute atomic E-state index is 5.82. The molecule has 158 valence electrons. The van der Waals surface area contributed by atoms with Gasteiger partial charge in [0.1, 0.15) is 12.3 Å². The highest BCUT2D eigenvalue weighted by Gasteiger charge is 2.19. The summed E-state index contributed by atoms with van der Waals surface area (Å²) < 4.78 is 5.82. The molecule has 0 radical (unpaired) electrons. The van der Waals surface area contributed by atoms with Crippen LogP contribution in [0.5, 0.6) is 0 Å². The first kappa shape index (κ1) is 23.3. The smallest absolute Gasteiger partial charge is 0.216 e. The normalized spacial score (nSPS) is 12.1. The van der Waals surface area contributed by atoms with Gasteiger partial charge in [0.05, 0.1) is 6.20 Å². The SMILES string of the molecule is CCNC(=NCc1ncc(C(C)(C)C)o1)NCCc1c[nH]c2cccc(C)c12.I. The van der Waals surface area contributed by atoms with Crippen LogP contribution in [-0.2, 0) is 18.4 Å². The van der Waals surface area contributed by atoms with Crippen LogP contribution in [0.1, 0.15) is 50.5 Å². The number of aromatic amines is 1. The lowest BCUT2D eigenvalue weighted by atomic mass is 9.94. The molecule has 3 aromatic rings. The summed E-state index contributed by atoms with van der Waals surface area (Å²) in [7, 11) is 0. The summed E-state index contributed by atoms with van der Waals surface area (Å²) in [4.78, 5) is 12.3. The van der Waals surface area contributed by atoms with Crippen molar-refractivity contribution in [2.24, 2.45) is 4.99 Å². The van der Waals surface area contributed by atoms with Crippen molar-refractivity contribution < 1.29 is 4.42 Å². The number of rotatable bonds is 6. The molecule has 0 aliphatic carbocycles. The lowest BCUT2D eigenvalue weighted by Gasteiger charge is -2.13. The Labute approximate surface area is 190 Å². The number of hydrogen-bond acceptors (Lipinski definition) is 3. The van der Waals surface area contributed by atoms with Crippen molar-refractivity contribution in [3.63, 3.8) is 0 Å². The molecular weight excluding hydrogens is 477 g/mol. The molecule has 0 aliphatic rings. The van der Waals surface area contributed by atoms with Crippen LogP contribution in [0, 0.1) is 6.92 Å². The van der Waals surface area contributed by atoms with E-state index in [9.17, 15) is 0 Å². The lowest BCUT2D eigenvalue weighted by molar-refractivity contribution is 0.383. The maximum atomic E-state index is 5.82. The number of nitrogens with zero attached hydrogens (tertiary/aromatic N) is 2. The summed E-state index contributed by atoms with van der Waals surface area (Å²) >= 11 is 0. The summed E-state index contributed by atoms with van der Waals surface area (Å²) in [5.74, 6) is 2.29. The second-order valence-electron chi connectivity index (χ2n) is 8.05. The fraction of sp³-hybridized carbons (Fsp3) is 0.455. The van der Waals surface area contributed by atoms with Gasteiger partial charge in [-0.3, -0.25) is 0 Å². The Morgan fingerprint density at radius 2 is 2.03 bits per heavy atom. The van der Waals surface area contributed by atoms with Crippen molar-refractivity contribution in [1.82, 2.24) is 20.6 Å². The molecule has 0 spiro atoms. The third kappa shape index (κ3) is 5.98. The lowest BCUT2D eigenvalue weighted by Crippen LogP contribution is -2.38. The molecule has 7 heteroatoms. The zero-order valence-electron chi connectivity index (χ0n) is 17.9. The van der Waals surface area contributed by atoms with Crippen molar-refractivity contribution in [3.05, 3.63) is 53.4 Å². The molecule has 29 heavy (non-hydrogen) atoms. The van der Waals surface area contributed by atoms with Crippen molar-refractivity contribution in [2.45, 2.75) is 53.0 Å². The Morgan fingerprint density at radius 1 is 1.24 bits per heavy atom. The van der Waals surface area contributed by atoms with Gasteiger partial charge in [-0.1, -0.05) is 32.9 Å². The summed E-state index contributed by atoms with van der Waals surface area (Å²) in [5, 5.41) is 8.01. The van der Waals surface area contributed by atoms with Crippen LogP contribution in [0.4, 0.5) is 0 Å². The molecule has 2 heterocycles. The molecule has 0 fully saturated rings. The Morgan fingerprint density at radius 3 is 2.72 bits per heavy atom. The number of aromatic nitrogens is 2. The van der Waals surface area contributed by atoms with Gasteiger partial charge in [-0.2, -0.15) is 0 Å². The summed E-state index contributed by atoms with van der Waals surface area (Å²) in [5.41, 5.74) is 3.76. The Balaban J connectivity index is 0.00000300. The van der Waals surface area contributed by atoms with Gasteiger partial charge in [-0.05, 0) is 37.5 Å².